The highest BCUT2D eigenvalue weighted by molar-refractivity contribution is 6.31. The minimum atomic E-state index is -3.29. The first kappa shape index (κ1) is 12.1. The van der Waals surface area contributed by atoms with E-state index in [9.17, 15) is 18.4 Å². The van der Waals surface area contributed by atoms with E-state index < -0.39 is 24.3 Å². The number of nitrogens with one attached hydrogen (secondary N) is 1. The lowest BCUT2D eigenvalue weighted by atomic mass is 10.1. The maximum atomic E-state index is 13.4. The summed E-state index contributed by atoms with van der Waals surface area (Å²) in [6.07, 6.45) is 0. The van der Waals surface area contributed by atoms with E-state index in [0.717, 1.165) is 0 Å². The van der Waals surface area contributed by atoms with Crippen LogP contribution in [-0.4, -0.2) is 23.5 Å². The van der Waals surface area contributed by atoms with Crippen LogP contribution in [0.5, 0.6) is 0 Å². The highest BCUT2D eigenvalue weighted by Gasteiger charge is 2.32. The van der Waals surface area contributed by atoms with Gasteiger partial charge in [0, 0.05) is 5.56 Å². The second kappa shape index (κ2) is 4.69. The highest BCUT2D eigenvalue weighted by atomic mass is 19.3. The van der Waals surface area contributed by atoms with E-state index in [-0.39, 0.29) is 5.56 Å². The minimum Gasteiger partial charge on any atom is -0.474 e. The van der Waals surface area contributed by atoms with Crippen LogP contribution in [0, 0.1) is 0 Å². The summed E-state index contributed by atoms with van der Waals surface area (Å²) in [7, 11) is 0. The van der Waals surface area contributed by atoms with Crippen molar-refractivity contribution in [2.24, 2.45) is 0 Å². The fourth-order valence-electron chi connectivity index (χ4n) is 1.05. The average Bonchev–Trinajstić information content (AvgIpc) is 2.27. The van der Waals surface area contributed by atoms with Crippen molar-refractivity contribution >= 4 is 11.9 Å². The zero-order valence-corrected chi connectivity index (χ0v) is 8.11. The molecule has 2 N–H and O–H groups in total. The van der Waals surface area contributed by atoms with Gasteiger partial charge in [-0.2, -0.15) is 8.78 Å². The molecule has 0 fully saturated rings. The molecule has 0 radical (unpaired) electrons. The smallest absolute Gasteiger partial charge is 0.394 e. The fraction of sp³-hybridized carbons (Fsp3) is 0.200. The molecule has 0 spiro atoms. The number of alkyl halides is 2. The first-order valence-electron chi connectivity index (χ1n) is 4.38. The molecule has 0 aliphatic rings. The molecule has 0 atom stereocenters. The van der Waals surface area contributed by atoms with Gasteiger partial charge >= 0.3 is 11.9 Å². The Morgan fingerprint density at radius 3 is 2.31 bits per heavy atom. The van der Waals surface area contributed by atoms with Crippen molar-refractivity contribution in [3.8, 4) is 0 Å². The van der Waals surface area contributed by atoms with E-state index in [4.69, 9.17) is 5.11 Å². The summed E-state index contributed by atoms with van der Waals surface area (Å²) in [6.45, 7) is -1.04. The normalized spacial score (nSPS) is 10.9. The van der Waals surface area contributed by atoms with Crippen molar-refractivity contribution in [2.75, 3.05) is 6.54 Å². The Morgan fingerprint density at radius 1 is 1.25 bits per heavy atom. The molecule has 86 valence electrons. The van der Waals surface area contributed by atoms with Crippen LogP contribution >= 0.6 is 0 Å². The Balaban J connectivity index is 2.66. The molecule has 0 heterocycles. The number of halogens is 2. The van der Waals surface area contributed by atoms with Gasteiger partial charge < -0.3 is 10.4 Å². The second-order valence-electron chi connectivity index (χ2n) is 3.06. The quantitative estimate of drug-likeness (QED) is 0.759. The summed E-state index contributed by atoms with van der Waals surface area (Å²) in [5.41, 5.74) is -0.277. The molecule has 4 nitrogen and oxygen atoms in total. The van der Waals surface area contributed by atoms with E-state index in [1.165, 1.54) is 24.3 Å². The number of amides is 1. The average molecular weight is 229 g/mol. The Morgan fingerprint density at radius 2 is 1.81 bits per heavy atom. The van der Waals surface area contributed by atoms with Crippen LogP contribution in [0.4, 0.5) is 8.78 Å². The van der Waals surface area contributed by atoms with Gasteiger partial charge in [-0.05, 0) is 0 Å². The first-order valence-corrected chi connectivity index (χ1v) is 4.38. The summed E-state index contributed by atoms with van der Waals surface area (Å²) in [6, 6.07) is 6.85. The third kappa shape index (κ3) is 3.01. The first-order chi connectivity index (χ1) is 7.43. The van der Waals surface area contributed by atoms with E-state index in [0.29, 0.717) is 0 Å². The van der Waals surface area contributed by atoms with Crippen LogP contribution in [0.3, 0.4) is 0 Å². The van der Waals surface area contributed by atoms with E-state index in [1.54, 1.807) is 11.4 Å². The highest BCUT2D eigenvalue weighted by Crippen LogP contribution is 2.26. The van der Waals surface area contributed by atoms with Gasteiger partial charge in [-0.15, -0.1) is 0 Å². The number of hydrogen-bond donors (Lipinski definition) is 2. The molecule has 6 heteroatoms. The van der Waals surface area contributed by atoms with Gasteiger partial charge in [-0.25, -0.2) is 4.79 Å². The maximum absolute atomic E-state index is 13.4. The SMILES string of the molecule is O=C(O)C(=O)NCC(F)(F)c1ccccc1. The zero-order chi connectivity index (χ0) is 12.2. The molecule has 0 saturated heterocycles. The molecular formula is C10H9F2NO3. The number of carboxylic acids is 1. The molecule has 0 aliphatic carbocycles. The van der Waals surface area contributed by atoms with Crippen molar-refractivity contribution in [1.29, 1.82) is 0 Å². The molecule has 1 rings (SSSR count). The summed E-state index contributed by atoms with van der Waals surface area (Å²) in [4.78, 5) is 20.7. The van der Waals surface area contributed by atoms with Crippen molar-refractivity contribution in [2.45, 2.75) is 5.92 Å². The Kier molecular flexibility index (Phi) is 3.55. The van der Waals surface area contributed by atoms with Gasteiger partial charge in [0.15, 0.2) is 0 Å². The number of carboxylic acid groups (broad SMARTS) is 1. The van der Waals surface area contributed by atoms with Gasteiger partial charge in [0.25, 0.3) is 5.92 Å². The third-order valence-electron chi connectivity index (χ3n) is 1.86. The van der Waals surface area contributed by atoms with Gasteiger partial charge in [-0.1, -0.05) is 30.3 Å². The lowest BCUT2D eigenvalue weighted by Gasteiger charge is -2.16. The van der Waals surface area contributed by atoms with Crippen LogP contribution in [-0.2, 0) is 15.5 Å². The molecule has 0 bridgehead atoms. The molecular weight excluding hydrogens is 220 g/mol. The molecule has 0 aliphatic heterocycles. The topological polar surface area (TPSA) is 66.4 Å². The minimum absolute atomic E-state index is 0.277. The summed E-state index contributed by atoms with van der Waals surface area (Å²) < 4.78 is 26.7. The molecule has 0 unspecified atom stereocenters. The number of hydrogen-bond acceptors (Lipinski definition) is 2. The standard InChI is InChI=1S/C10H9F2NO3/c11-10(12,6-13-8(14)9(15)16)7-4-2-1-3-5-7/h1-5H,6H2,(H,13,14)(H,15,16). The predicted molar refractivity (Wildman–Crippen MR) is 51.0 cm³/mol. The molecule has 1 aromatic rings. The Hall–Kier alpha value is -1.98. The van der Waals surface area contributed by atoms with Crippen LogP contribution in [0.2, 0.25) is 0 Å². The van der Waals surface area contributed by atoms with Crippen molar-refractivity contribution < 1.29 is 23.5 Å². The summed E-state index contributed by atoms with van der Waals surface area (Å²) in [5.74, 6) is -6.52. The molecule has 0 saturated carbocycles. The lowest BCUT2D eigenvalue weighted by molar-refractivity contribution is -0.151. The van der Waals surface area contributed by atoms with Crippen LogP contribution < -0.4 is 5.32 Å². The molecule has 16 heavy (non-hydrogen) atoms. The summed E-state index contributed by atoms with van der Waals surface area (Å²) in [5, 5.41) is 9.82. The Bertz CT molecular complexity index is 392. The Labute approximate surface area is 89.9 Å². The molecule has 1 aromatic carbocycles. The van der Waals surface area contributed by atoms with E-state index in [1.807, 2.05) is 0 Å². The van der Waals surface area contributed by atoms with Crippen LogP contribution in [0.15, 0.2) is 30.3 Å². The molecule has 0 aromatic heterocycles. The second-order valence-corrected chi connectivity index (χ2v) is 3.06. The fourth-order valence-corrected chi connectivity index (χ4v) is 1.05. The summed E-state index contributed by atoms with van der Waals surface area (Å²) >= 11 is 0. The largest absolute Gasteiger partial charge is 0.474 e. The van der Waals surface area contributed by atoms with Crippen molar-refractivity contribution in [3.63, 3.8) is 0 Å². The zero-order valence-electron chi connectivity index (χ0n) is 8.11. The van der Waals surface area contributed by atoms with Gasteiger partial charge in [0.2, 0.25) is 0 Å². The van der Waals surface area contributed by atoms with Gasteiger partial charge in [0.1, 0.15) is 0 Å². The lowest BCUT2D eigenvalue weighted by Crippen LogP contribution is -2.38. The van der Waals surface area contributed by atoms with Gasteiger partial charge in [-0.3, -0.25) is 4.79 Å². The van der Waals surface area contributed by atoms with Crippen LogP contribution in [0.1, 0.15) is 5.56 Å². The molecule has 1 amide bonds. The predicted octanol–water partition coefficient (Wildman–Crippen LogP) is 0.979. The monoisotopic (exact) mass is 229 g/mol. The van der Waals surface area contributed by atoms with E-state index in [2.05, 4.69) is 0 Å². The van der Waals surface area contributed by atoms with Gasteiger partial charge in [0.05, 0.1) is 6.54 Å². The number of rotatable bonds is 3. The number of aliphatic carboxylic acids is 1. The maximum Gasteiger partial charge on any atom is 0.394 e. The third-order valence-corrected chi connectivity index (χ3v) is 1.86. The van der Waals surface area contributed by atoms with Crippen molar-refractivity contribution in [3.05, 3.63) is 35.9 Å². The van der Waals surface area contributed by atoms with Crippen LogP contribution in [0.25, 0.3) is 0 Å². The number of carbonyl (C=O) groups is 2. The number of carbonyl (C=O) groups excluding carboxylic acids is 1. The van der Waals surface area contributed by atoms with Crippen molar-refractivity contribution in [1.82, 2.24) is 5.32 Å². The number of benzene rings is 1. The van der Waals surface area contributed by atoms with E-state index >= 15 is 0 Å².